The first kappa shape index (κ1) is 18.3. The quantitative estimate of drug-likeness (QED) is 0.736. The number of aryl methyl sites for hydroxylation is 1. The van der Waals surface area contributed by atoms with Crippen LogP contribution >= 0.6 is 11.8 Å². The van der Waals surface area contributed by atoms with E-state index in [-0.39, 0.29) is 12.5 Å². The van der Waals surface area contributed by atoms with Crippen molar-refractivity contribution in [1.82, 2.24) is 4.90 Å². The Kier molecular flexibility index (Phi) is 7.88. The van der Waals surface area contributed by atoms with E-state index in [4.69, 9.17) is 9.47 Å². The van der Waals surface area contributed by atoms with Crippen LogP contribution in [0.2, 0.25) is 0 Å². The molecule has 1 N–H and O–H groups in total. The lowest BCUT2D eigenvalue weighted by Gasteiger charge is -2.26. The topological polar surface area (TPSA) is 50.8 Å². The first-order valence-electron chi connectivity index (χ1n) is 7.95. The number of carbonyl (C=O) groups excluding carboxylic acids is 1. The van der Waals surface area contributed by atoms with Crippen LogP contribution in [0.4, 0.5) is 5.69 Å². The van der Waals surface area contributed by atoms with Gasteiger partial charge in [0.15, 0.2) is 0 Å². The molecular formula is C17H26N2O3S. The Morgan fingerprint density at radius 3 is 2.83 bits per heavy atom. The van der Waals surface area contributed by atoms with Crippen molar-refractivity contribution >= 4 is 23.4 Å². The van der Waals surface area contributed by atoms with Crippen LogP contribution in [0.5, 0.6) is 0 Å². The first-order valence-corrected chi connectivity index (χ1v) is 9.10. The largest absolute Gasteiger partial charge is 0.382 e. The number of hydrogen-bond acceptors (Lipinski definition) is 5. The monoisotopic (exact) mass is 338 g/mol. The van der Waals surface area contributed by atoms with E-state index in [0.29, 0.717) is 13.2 Å². The van der Waals surface area contributed by atoms with E-state index in [1.807, 2.05) is 18.7 Å². The Morgan fingerprint density at radius 2 is 2.09 bits per heavy atom. The van der Waals surface area contributed by atoms with Crippen LogP contribution < -0.4 is 5.32 Å². The Hall–Kier alpha value is -1.08. The Labute approximate surface area is 142 Å². The van der Waals surface area contributed by atoms with Crippen LogP contribution in [0.25, 0.3) is 0 Å². The third kappa shape index (κ3) is 6.51. The number of methoxy groups -OCH3 is 1. The highest BCUT2D eigenvalue weighted by molar-refractivity contribution is 7.99. The maximum Gasteiger partial charge on any atom is 0.250 e. The van der Waals surface area contributed by atoms with Crippen LogP contribution in [0.3, 0.4) is 0 Å². The number of benzene rings is 1. The fraction of sp³-hybridized carbons (Fsp3) is 0.588. The highest BCUT2D eigenvalue weighted by Gasteiger charge is 2.12. The number of ether oxygens (including phenoxy) is 2. The molecule has 1 aliphatic heterocycles. The summed E-state index contributed by atoms with van der Waals surface area (Å²) >= 11 is 2.01. The Balaban J connectivity index is 1.87. The molecule has 23 heavy (non-hydrogen) atoms. The van der Waals surface area contributed by atoms with Crippen molar-refractivity contribution in [3.8, 4) is 0 Å². The van der Waals surface area contributed by atoms with Gasteiger partial charge in [0.25, 0.3) is 0 Å². The molecule has 1 aromatic rings. The van der Waals surface area contributed by atoms with E-state index < -0.39 is 0 Å². The van der Waals surface area contributed by atoms with E-state index in [1.165, 1.54) is 17.1 Å². The number of thioether (sulfide) groups is 1. The zero-order valence-electron chi connectivity index (χ0n) is 14.0. The van der Waals surface area contributed by atoms with Crippen molar-refractivity contribution in [2.75, 3.05) is 56.8 Å². The second-order valence-electron chi connectivity index (χ2n) is 5.63. The normalized spacial score (nSPS) is 15.6. The van der Waals surface area contributed by atoms with Gasteiger partial charge in [0.05, 0.1) is 13.2 Å². The summed E-state index contributed by atoms with van der Waals surface area (Å²) in [5.41, 5.74) is 3.17. The molecule has 2 rings (SSSR count). The van der Waals surface area contributed by atoms with E-state index in [9.17, 15) is 4.79 Å². The summed E-state index contributed by atoms with van der Waals surface area (Å²) in [5, 5.41) is 2.94. The zero-order valence-corrected chi connectivity index (χ0v) is 14.8. The maximum absolute atomic E-state index is 11.9. The number of anilines is 1. The average Bonchev–Trinajstić information content (AvgIpc) is 2.56. The molecule has 1 fully saturated rings. The summed E-state index contributed by atoms with van der Waals surface area (Å²) in [6.07, 6.45) is 0. The average molecular weight is 338 g/mol. The van der Waals surface area contributed by atoms with Crippen LogP contribution in [-0.4, -0.2) is 62.3 Å². The third-order valence-corrected chi connectivity index (χ3v) is 4.69. The smallest absolute Gasteiger partial charge is 0.250 e. The van der Waals surface area contributed by atoms with Crippen LogP contribution in [-0.2, 0) is 20.8 Å². The molecule has 0 atom stereocenters. The highest BCUT2D eigenvalue weighted by atomic mass is 32.2. The minimum Gasteiger partial charge on any atom is -0.382 e. The second kappa shape index (κ2) is 9.93. The number of amides is 1. The summed E-state index contributed by atoms with van der Waals surface area (Å²) in [7, 11) is 1.61. The molecule has 0 radical (unpaired) electrons. The fourth-order valence-corrected chi connectivity index (χ4v) is 3.39. The fourth-order valence-electron chi connectivity index (χ4n) is 2.41. The van der Waals surface area contributed by atoms with Crippen LogP contribution in [0, 0.1) is 6.92 Å². The van der Waals surface area contributed by atoms with Gasteiger partial charge in [-0.1, -0.05) is 12.1 Å². The number of carbonyl (C=O) groups is 1. The SMILES string of the molecule is COCCOCC(=O)Nc1cc(CN2CCSCC2)ccc1C. The molecule has 0 aromatic heterocycles. The van der Waals surface area contributed by atoms with Gasteiger partial charge < -0.3 is 14.8 Å². The summed E-state index contributed by atoms with van der Waals surface area (Å²) in [4.78, 5) is 14.4. The number of hydrogen-bond donors (Lipinski definition) is 1. The van der Waals surface area contributed by atoms with Crippen molar-refractivity contribution in [2.24, 2.45) is 0 Å². The molecule has 5 nitrogen and oxygen atoms in total. The molecule has 0 spiro atoms. The molecule has 1 amide bonds. The lowest BCUT2D eigenvalue weighted by molar-refractivity contribution is -0.121. The minimum absolute atomic E-state index is 0.0520. The standard InChI is InChI=1S/C17H26N2O3S/c1-14-3-4-15(12-19-5-9-23-10-6-19)11-16(14)18-17(20)13-22-8-7-21-2/h3-4,11H,5-10,12-13H2,1-2H3,(H,18,20). The molecule has 128 valence electrons. The third-order valence-electron chi connectivity index (χ3n) is 3.75. The van der Waals surface area contributed by atoms with Crippen LogP contribution in [0.1, 0.15) is 11.1 Å². The summed E-state index contributed by atoms with van der Waals surface area (Å²) in [5.74, 6) is 2.28. The molecule has 1 heterocycles. The highest BCUT2D eigenvalue weighted by Crippen LogP contribution is 2.19. The van der Waals surface area contributed by atoms with Crippen molar-refractivity contribution in [3.05, 3.63) is 29.3 Å². The second-order valence-corrected chi connectivity index (χ2v) is 6.86. The van der Waals surface area contributed by atoms with Gasteiger partial charge in [-0.25, -0.2) is 0 Å². The Bertz CT molecular complexity index is 505. The number of rotatable bonds is 8. The van der Waals surface area contributed by atoms with Crippen molar-refractivity contribution in [3.63, 3.8) is 0 Å². The lowest BCUT2D eigenvalue weighted by Crippen LogP contribution is -2.32. The molecule has 1 aliphatic rings. The van der Waals surface area contributed by atoms with E-state index in [1.54, 1.807) is 7.11 Å². The molecule has 1 aromatic carbocycles. The van der Waals surface area contributed by atoms with Gasteiger partial charge in [0, 0.05) is 43.9 Å². The number of nitrogens with one attached hydrogen (secondary N) is 1. The molecule has 0 aliphatic carbocycles. The molecule has 0 unspecified atom stereocenters. The minimum atomic E-state index is -0.129. The summed E-state index contributed by atoms with van der Waals surface area (Å²) in [6.45, 7) is 6.18. The summed E-state index contributed by atoms with van der Waals surface area (Å²) in [6, 6.07) is 6.28. The predicted octanol–water partition coefficient (Wildman–Crippen LogP) is 2.15. The lowest BCUT2D eigenvalue weighted by atomic mass is 10.1. The molecule has 0 bridgehead atoms. The molecule has 0 saturated carbocycles. The van der Waals surface area contributed by atoms with Crippen LogP contribution in [0.15, 0.2) is 18.2 Å². The van der Waals surface area contributed by atoms with Crippen molar-refractivity contribution < 1.29 is 14.3 Å². The zero-order chi connectivity index (χ0) is 16.5. The first-order chi connectivity index (χ1) is 11.2. The van der Waals surface area contributed by atoms with E-state index >= 15 is 0 Å². The van der Waals surface area contributed by atoms with Gasteiger partial charge in [0.2, 0.25) is 5.91 Å². The van der Waals surface area contributed by atoms with Gasteiger partial charge in [-0.05, 0) is 24.1 Å². The van der Waals surface area contributed by atoms with Gasteiger partial charge in [-0.2, -0.15) is 11.8 Å². The van der Waals surface area contributed by atoms with E-state index in [0.717, 1.165) is 30.9 Å². The van der Waals surface area contributed by atoms with Gasteiger partial charge >= 0.3 is 0 Å². The van der Waals surface area contributed by atoms with Gasteiger partial charge in [-0.3, -0.25) is 9.69 Å². The predicted molar refractivity (Wildman–Crippen MR) is 95.1 cm³/mol. The number of nitrogens with zero attached hydrogens (tertiary/aromatic N) is 1. The van der Waals surface area contributed by atoms with Gasteiger partial charge in [0.1, 0.15) is 6.61 Å². The van der Waals surface area contributed by atoms with E-state index in [2.05, 4.69) is 28.4 Å². The van der Waals surface area contributed by atoms with Crippen molar-refractivity contribution in [1.29, 1.82) is 0 Å². The summed E-state index contributed by atoms with van der Waals surface area (Å²) < 4.78 is 10.1. The molecule has 6 heteroatoms. The van der Waals surface area contributed by atoms with Crippen molar-refractivity contribution in [2.45, 2.75) is 13.5 Å². The molecule has 1 saturated heterocycles. The maximum atomic E-state index is 11.9. The molecular weight excluding hydrogens is 312 g/mol. The van der Waals surface area contributed by atoms with Gasteiger partial charge in [-0.15, -0.1) is 0 Å². The Morgan fingerprint density at radius 1 is 1.30 bits per heavy atom.